The molecular weight excluding hydrogens is 635 g/mol. The highest BCUT2D eigenvalue weighted by atomic mass is 32.1. The molecule has 0 amide bonds. The first kappa shape index (κ1) is 24.8. The van der Waals surface area contributed by atoms with Gasteiger partial charge in [0, 0.05) is 37.2 Å². The van der Waals surface area contributed by atoms with Crippen LogP contribution in [0.1, 0.15) is 29.1 Å². The summed E-state index contributed by atoms with van der Waals surface area (Å²) in [6, 6.07) is 57.0. The average molecular weight is 673 g/mol. The molecule has 240 valence electrons. The number of benzene rings is 8. The predicted molar refractivity (Wildman–Crippen MR) is 217 cm³/mol. The Morgan fingerprint density at radius 2 is 1.06 bits per heavy atom. The van der Waals surface area contributed by atoms with Gasteiger partial charge in [0.15, 0.2) is 0 Å². The van der Waals surface area contributed by atoms with Gasteiger partial charge in [-0.3, -0.25) is 0 Å². The van der Waals surface area contributed by atoms with Gasteiger partial charge in [0.25, 0.3) is 0 Å². The SMILES string of the molecule is [2H]c1c([2H])c([2H])c(C2(c3ccc4sc5ccccc5c4c3)c3ccccc3-c3cc(N(c4ccccc4)c4ccc(-c5ccccc5)cc4)ccc32)c([2H])c1[2H]. The number of hydrogen-bond acceptors (Lipinski definition) is 2. The molecule has 0 aliphatic heterocycles. The normalized spacial score (nSPS) is 16.1. The molecule has 1 unspecified atom stereocenters. The van der Waals surface area contributed by atoms with Crippen LogP contribution >= 0.6 is 11.3 Å². The number of hydrogen-bond donors (Lipinski definition) is 0. The lowest BCUT2D eigenvalue weighted by molar-refractivity contribution is 0.770. The van der Waals surface area contributed by atoms with Gasteiger partial charge in [-0.25, -0.2) is 0 Å². The van der Waals surface area contributed by atoms with E-state index >= 15 is 0 Å². The number of rotatable bonds is 6. The number of para-hydroxylation sites is 1. The molecule has 2 heteroatoms. The Bertz CT molecular complexity index is 2950. The van der Waals surface area contributed by atoms with Crippen LogP contribution in [0.15, 0.2) is 200 Å². The molecule has 0 radical (unpaired) electrons. The Balaban J connectivity index is 1.25. The third-order valence-corrected chi connectivity index (χ3v) is 11.4. The molecule has 1 heterocycles. The molecular formula is C49H33NS. The standard InChI is InChI=1S/C49H33NS/c1-4-14-34(15-5-1)35-24-27-39(28-25-35)50(38-18-8-3-9-19-38)40-29-30-46-43(33-40)41-20-10-12-22-45(41)49(46,36-16-6-2-7-17-36)37-26-31-48-44(32-37)42-21-11-13-23-47(42)51-48/h1-33H/i2D,6D,7D,16D,17D. The van der Waals surface area contributed by atoms with Gasteiger partial charge in [0.2, 0.25) is 0 Å². The topological polar surface area (TPSA) is 3.24 Å². The van der Waals surface area contributed by atoms with E-state index in [1.807, 2.05) is 60.7 Å². The molecule has 0 bridgehead atoms. The summed E-state index contributed by atoms with van der Waals surface area (Å²) in [5.41, 5.74) is 8.74. The van der Waals surface area contributed by atoms with Gasteiger partial charge in [0.1, 0.15) is 0 Å². The number of thiophene rings is 1. The van der Waals surface area contributed by atoms with Crippen LogP contribution in [-0.2, 0) is 5.41 Å². The molecule has 51 heavy (non-hydrogen) atoms. The third-order valence-electron chi connectivity index (χ3n) is 10.2. The summed E-state index contributed by atoms with van der Waals surface area (Å²) in [6.07, 6.45) is 0. The number of anilines is 3. The zero-order valence-corrected chi connectivity index (χ0v) is 28.3. The van der Waals surface area contributed by atoms with E-state index in [1.165, 1.54) is 4.70 Å². The van der Waals surface area contributed by atoms with E-state index < -0.39 is 11.5 Å². The summed E-state index contributed by atoms with van der Waals surface area (Å²) in [5.74, 6) is 0. The first-order valence-corrected chi connectivity index (χ1v) is 17.9. The summed E-state index contributed by atoms with van der Waals surface area (Å²) in [6.45, 7) is 0. The maximum absolute atomic E-state index is 9.46. The lowest BCUT2D eigenvalue weighted by Crippen LogP contribution is -2.28. The molecule has 1 atom stereocenters. The molecule has 1 aliphatic carbocycles. The molecule has 0 N–H and O–H groups in total. The van der Waals surface area contributed by atoms with Crippen molar-refractivity contribution in [2.75, 3.05) is 4.90 Å². The van der Waals surface area contributed by atoms with Gasteiger partial charge in [-0.05, 0) is 99.1 Å². The summed E-state index contributed by atoms with van der Waals surface area (Å²) in [5, 5.41) is 2.20. The molecule has 10 rings (SSSR count). The minimum absolute atomic E-state index is 0.206. The van der Waals surface area contributed by atoms with Gasteiger partial charge in [-0.2, -0.15) is 0 Å². The molecule has 8 aromatic carbocycles. The highest BCUT2D eigenvalue weighted by Gasteiger charge is 2.46. The summed E-state index contributed by atoms with van der Waals surface area (Å²) in [7, 11) is 0. The maximum atomic E-state index is 9.46. The largest absolute Gasteiger partial charge is 0.310 e. The van der Waals surface area contributed by atoms with E-state index in [4.69, 9.17) is 4.11 Å². The van der Waals surface area contributed by atoms with E-state index in [0.717, 1.165) is 71.5 Å². The minimum Gasteiger partial charge on any atom is -0.310 e. The number of nitrogens with zero attached hydrogens (tertiary/aromatic N) is 1. The molecule has 1 nitrogen and oxygen atoms in total. The Morgan fingerprint density at radius 1 is 0.431 bits per heavy atom. The highest BCUT2D eigenvalue weighted by molar-refractivity contribution is 7.25. The lowest BCUT2D eigenvalue weighted by atomic mass is 9.67. The van der Waals surface area contributed by atoms with E-state index in [9.17, 15) is 2.74 Å². The predicted octanol–water partition coefficient (Wildman–Crippen LogP) is 13.6. The molecule has 1 aromatic heterocycles. The van der Waals surface area contributed by atoms with E-state index in [1.54, 1.807) is 11.3 Å². The molecule has 0 fully saturated rings. The zero-order valence-electron chi connectivity index (χ0n) is 32.5. The van der Waals surface area contributed by atoms with Crippen molar-refractivity contribution in [2.24, 2.45) is 0 Å². The van der Waals surface area contributed by atoms with Crippen LogP contribution in [0.4, 0.5) is 17.1 Å². The van der Waals surface area contributed by atoms with Crippen LogP contribution in [0, 0.1) is 0 Å². The van der Waals surface area contributed by atoms with Crippen molar-refractivity contribution in [1.82, 2.24) is 0 Å². The lowest BCUT2D eigenvalue weighted by Gasteiger charge is -2.34. The van der Waals surface area contributed by atoms with Crippen LogP contribution in [0.25, 0.3) is 42.4 Å². The number of fused-ring (bicyclic) bond motifs is 6. The van der Waals surface area contributed by atoms with Gasteiger partial charge >= 0.3 is 0 Å². The van der Waals surface area contributed by atoms with E-state index in [-0.39, 0.29) is 29.7 Å². The monoisotopic (exact) mass is 672 g/mol. The Labute approximate surface area is 309 Å². The Kier molecular flexibility index (Phi) is 5.84. The smallest absolute Gasteiger partial charge is 0.0713 e. The fourth-order valence-electron chi connectivity index (χ4n) is 7.99. The van der Waals surface area contributed by atoms with Crippen molar-refractivity contribution >= 4 is 48.6 Å². The Morgan fingerprint density at radius 3 is 1.88 bits per heavy atom. The summed E-state index contributed by atoms with van der Waals surface area (Å²) >= 11 is 1.73. The first-order chi connectivity index (χ1) is 27.4. The second-order valence-corrected chi connectivity index (χ2v) is 14.0. The summed E-state index contributed by atoms with van der Waals surface area (Å²) < 4.78 is 47.5. The van der Waals surface area contributed by atoms with Gasteiger partial charge in [-0.1, -0.05) is 145 Å². The minimum atomic E-state index is -1.22. The third kappa shape index (κ3) is 4.68. The first-order valence-electron chi connectivity index (χ1n) is 19.6. The average Bonchev–Trinajstić information content (AvgIpc) is 3.77. The van der Waals surface area contributed by atoms with Crippen molar-refractivity contribution in [1.29, 1.82) is 0 Å². The van der Waals surface area contributed by atoms with Gasteiger partial charge < -0.3 is 4.90 Å². The fourth-order valence-corrected chi connectivity index (χ4v) is 9.08. The molecule has 0 saturated carbocycles. The second-order valence-electron chi connectivity index (χ2n) is 12.9. The molecule has 0 saturated heterocycles. The van der Waals surface area contributed by atoms with E-state index in [0.29, 0.717) is 0 Å². The maximum Gasteiger partial charge on any atom is 0.0713 e. The van der Waals surface area contributed by atoms with Crippen molar-refractivity contribution in [3.05, 3.63) is 222 Å². The molecule has 1 aliphatic rings. The van der Waals surface area contributed by atoms with Gasteiger partial charge in [-0.15, -0.1) is 11.3 Å². The van der Waals surface area contributed by atoms with Crippen LogP contribution in [0.5, 0.6) is 0 Å². The Hall–Kier alpha value is -6.22. The summed E-state index contributed by atoms with van der Waals surface area (Å²) in [4.78, 5) is 2.24. The van der Waals surface area contributed by atoms with Crippen molar-refractivity contribution in [2.45, 2.75) is 5.41 Å². The highest BCUT2D eigenvalue weighted by Crippen LogP contribution is 2.57. The fraction of sp³-hybridized carbons (Fsp3) is 0.0204. The van der Waals surface area contributed by atoms with Crippen LogP contribution < -0.4 is 4.90 Å². The zero-order chi connectivity index (χ0) is 38.1. The molecule has 9 aromatic rings. The van der Waals surface area contributed by atoms with E-state index in [2.05, 4.69) is 114 Å². The van der Waals surface area contributed by atoms with Crippen molar-refractivity contribution in [3.63, 3.8) is 0 Å². The second kappa shape index (κ2) is 12.0. The van der Waals surface area contributed by atoms with Crippen LogP contribution in [0.2, 0.25) is 0 Å². The van der Waals surface area contributed by atoms with Crippen LogP contribution in [0.3, 0.4) is 0 Å². The van der Waals surface area contributed by atoms with Crippen LogP contribution in [-0.4, -0.2) is 0 Å². The van der Waals surface area contributed by atoms with Crippen molar-refractivity contribution < 1.29 is 6.85 Å². The quantitative estimate of drug-likeness (QED) is 0.170. The van der Waals surface area contributed by atoms with Crippen molar-refractivity contribution in [3.8, 4) is 22.3 Å². The molecule has 0 spiro atoms. The van der Waals surface area contributed by atoms with Gasteiger partial charge in [0.05, 0.1) is 12.3 Å².